The first-order valence-electron chi connectivity index (χ1n) is 2.13. The normalized spacial score (nSPS) is 19.4. The van der Waals surface area contributed by atoms with Crippen molar-refractivity contribution in [1.82, 2.24) is 0 Å². The van der Waals surface area contributed by atoms with Crippen molar-refractivity contribution < 1.29 is 4.74 Å². The van der Waals surface area contributed by atoms with Gasteiger partial charge >= 0.3 is 0 Å². The van der Waals surface area contributed by atoms with Crippen molar-refractivity contribution in [2.75, 3.05) is 13.3 Å². The minimum absolute atomic E-state index is 0.476. The van der Waals surface area contributed by atoms with Gasteiger partial charge in [0.25, 0.3) is 0 Å². The molecule has 0 saturated heterocycles. The van der Waals surface area contributed by atoms with Crippen LogP contribution in [0.1, 0.15) is 0 Å². The molecule has 2 nitrogen and oxygen atoms in total. The van der Waals surface area contributed by atoms with Crippen LogP contribution in [-0.4, -0.2) is 19.6 Å². The number of hydrogen-bond acceptors (Lipinski definition) is 2. The Morgan fingerprint density at radius 1 is 1.71 bits per heavy atom. The molecule has 0 bridgehead atoms. The average molecular weight is 96.1 g/mol. The van der Waals surface area contributed by atoms with Crippen molar-refractivity contribution >= 4 is 6.21 Å². The molecule has 0 unspecified atom stereocenters. The van der Waals surface area contributed by atoms with E-state index in [1.807, 2.05) is 0 Å². The molecule has 1 aliphatic rings. The standard InChI is InChI=1S/C5H6NO/c1-2-4-7-5-6-3-1/h1,3H,4-5H2. The van der Waals surface area contributed by atoms with Gasteiger partial charge in [0, 0.05) is 6.21 Å². The fraction of sp³-hybridized carbons (Fsp3) is 0.400. The van der Waals surface area contributed by atoms with Crippen molar-refractivity contribution in [1.29, 1.82) is 0 Å². The fourth-order valence-electron chi connectivity index (χ4n) is 0.354. The Kier molecular flexibility index (Phi) is 1.63. The third-order valence-corrected chi connectivity index (χ3v) is 0.649. The first kappa shape index (κ1) is 4.53. The molecule has 0 spiro atoms. The quantitative estimate of drug-likeness (QED) is 0.428. The second kappa shape index (κ2) is 2.53. The largest absolute Gasteiger partial charge is 0.355 e. The van der Waals surface area contributed by atoms with Crippen LogP contribution in [0.25, 0.3) is 0 Å². The van der Waals surface area contributed by atoms with Crippen LogP contribution in [0.5, 0.6) is 0 Å². The van der Waals surface area contributed by atoms with E-state index in [4.69, 9.17) is 4.74 Å². The number of aliphatic imine (C=N–C) groups is 1. The van der Waals surface area contributed by atoms with Crippen LogP contribution in [0.2, 0.25) is 0 Å². The minimum atomic E-state index is 0.476. The molecule has 1 rings (SSSR count). The van der Waals surface area contributed by atoms with Crippen LogP contribution < -0.4 is 0 Å². The van der Waals surface area contributed by atoms with E-state index >= 15 is 0 Å². The smallest absolute Gasteiger partial charge is 0.137 e. The highest BCUT2D eigenvalue weighted by Crippen LogP contribution is 1.80. The van der Waals surface area contributed by atoms with E-state index in [0.717, 1.165) is 0 Å². The van der Waals surface area contributed by atoms with Gasteiger partial charge in [-0.2, -0.15) is 0 Å². The summed E-state index contributed by atoms with van der Waals surface area (Å²) in [6.45, 7) is 1.05. The number of nitrogens with zero attached hydrogens (tertiary/aromatic N) is 1. The van der Waals surface area contributed by atoms with Gasteiger partial charge < -0.3 is 4.74 Å². The van der Waals surface area contributed by atoms with Crippen molar-refractivity contribution in [2.45, 2.75) is 0 Å². The second-order valence-corrected chi connectivity index (χ2v) is 1.18. The summed E-state index contributed by atoms with van der Waals surface area (Å²) in [6.07, 6.45) is 6.30. The zero-order valence-electron chi connectivity index (χ0n) is 3.92. The Balaban J connectivity index is 2.39. The van der Waals surface area contributed by atoms with Gasteiger partial charge in [0.15, 0.2) is 0 Å². The first-order valence-corrected chi connectivity index (χ1v) is 2.13. The first-order chi connectivity index (χ1) is 3.50. The van der Waals surface area contributed by atoms with E-state index in [-0.39, 0.29) is 0 Å². The molecule has 37 valence electrons. The van der Waals surface area contributed by atoms with E-state index in [2.05, 4.69) is 11.1 Å². The van der Waals surface area contributed by atoms with Crippen molar-refractivity contribution in [3.8, 4) is 0 Å². The number of hydrogen-bond donors (Lipinski definition) is 0. The molecule has 2 heteroatoms. The van der Waals surface area contributed by atoms with Crippen LogP contribution in [0.3, 0.4) is 0 Å². The molecule has 0 fully saturated rings. The molecule has 0 aromatic rings. The summed E-state index contributed by atoms with van der Waals surface area (Å²) in [6, 6.07) is 0. The SMILES string of the molecule is [C]1=CC=NCOC1. The van der Waals surface area contributed by atoms with Crippen molar-refractivity contribution in [2.24, 2.45) is 4.99 Å². The summed E-state index contributed by atoms with van der Waals surface area (Å²) in [5, 5.41) is 0. The second-order valence-electron chi connectivity index (χ2n) is 1.18. The predicted molar refractivity (Wildman–Crippen MR) is 27.1 cm³/mol. The summed E-state index contributed by atoms with van der Waals surface area (Å²) >= 11 is 0. The van der Waals surface area contributed by atoms with Crippen LogP contribution in [0.15, 0.2) is 11.1 Å². The van der Waals surface area contributed by atoms with E-state index in [0.29, 0.717) is 13.3 Å². The number of ether oxygens (including phenoxy) is 1. The summed E-state index contributed by atoms with van der Waals surface area (Å²) in [4.78, 5) is 3.81. The van der Waals surface area contributed by atoms with Gasteiger partial charge in [-0.15, -0.1) is 0 Å². The Morgan fingerprint density at radius 3 is 3.71 bits per heavy atom. The summed E-state index contributed by atoms with van der Waals surface area (Å²) in [7, 11) is 0. The summed E-state index contributed by atoms with van der Waals surface area (Å²) < 4.78 is 4.85. The van der Waals surface area contributed by atoms with E-state index in [9.17, 15) is 0 Å². The molecule has 0 amide bonds. The molecule has 1 radical (unpaired) electrons. The minimum Gasteiger partial charge on any atom is -0.355 e. The van der Waals surface area contributed by atoms with Crippen LogP contribution in [0, 0.1) is 6.08 Å². The van der Waals surface area contributed by atoms with E-state index in [1.54, 1.807) is 12.3 Å². The third kappa shape index (κ3) is 1.50. The Labute approximate surface area is 42.5 Å². The zero-order valence-corrected chi connectivity index (χ0v) is 3.92. The number of allylic oxidation sites excluding steroid dienone is 1. The molecule has 0 aliphatic carbocycles. The maximum absolute atomic E-state index is 4.85. The highest BCUT2D eigenvalue weighted by molar-refractivity contribution is 5.70. The lowest BCUT2D eigenvalue weighted by Gasteiger charge is -1.87. The van der Waals surface area contributed by atoms with Gasteiger partial charge in [0.2, 0.25) is 0 Å². The van der Waals surface area contributed by atoms with Gasteiger partial charge in [0.05, 0.1) is 6.61 Å². The molecule has 0 saturated carbocycles. The Hall–Kier alpha value is -0.630. The molecule has 1 heterocycles. The summed E-state index contributed by atoms with van der Waals surface area (Å²) in [5.74, 6) is 0. The highest BCUT2D eigenvalue weighted by Gasteiger charge is 1.80. The van der Waals surface area contributed by atoms with Gasteiger partial charge in [-0.25, -0.2) is 0 Å². The average Bonchev–Trinajstić information content (AvgIpc) is 1.90. The van der Waals surface area contributed by atoms with Gasteiger partial charge in [0.1, 0.15) is 6.73 Å². The third-order valence-electron chi connectivity index (χ3n) is 0.649. The fourth-order valence-corrected chi connectivity index (χ4v) is 0.354. The lowest BCUT2D eigenvalue weighted by molar-refractivity contribution is 0.170. The van der Waals surface area contributed by atoms with Crippen LogP contribution >= 0.6 is 0 Å². The molecular formula is C5H6NO. The van der Waals surface area contributed by atoms with Crippen LogP contribution in [0.4, 0.5) is 0 Å². The molecule has 7 heavy (non-hydrogen) atoms. The van der Waals surface area contributed by atoms with Gasteiger partial charge in [-0.3, -0.25) is 4.99 Å². The van der Waals surface area contributed by atoms with Gasteiger partial charge in [-0.1, -0.05) is 0 Å². The van der Waals surface area contributed by atoms with E-state index < -0.39 is 0 Å². The molecule has 1 aliphatic heterocycles. The topological polar surface area (TPSA) is 21.6 Å². The monoisotopic (exact) mass is 96.0 g/mol. The lowest BCUT2D eigenvalue weighted by Crippen LogP contribution is -1.87. The van der Waals surface area contributed by atoms with Crippen molar-refractivity contribution in [3.05, 3.63) is 12.2 Å². The molecule has 0 aromatic heterocycles. The highest BCUT2D eigenvalue weighted by atomic mass is 16.5. The molecule has 0 atom stereocenters. The number of rotatable bonds is 0. The summed E-state index contributed by atoms with van der Waals surface area (Å²) in [5.41, 5.74) is 0. The predicted octanol–water partition coefficient (Wildman–Crippen LogP) is 0.404. The van der Waals surface area contributed by atoms with E-state index in [1.165, 1.54) is 0 Å². The Bertz CT molecular complexity index is 84.3. The van der Waals surface area contributed by atoms with Crippen LogP contribution in [-0.2, 0) is 4.74 Å². The lowest BCUT2D eigenvalue weighted by atomic mass is 10.5. The molecule has 0 N–H and O–H groups in total. The van der Waals surface area contributed by atoms with Gasteiger partial charge in [-0.05, 0) is 12.2 Å². The Morgan fingerprint density at radius 2 is 2.71 bits per heavy atom. The maximum Gasteiger partial charge on any atom is 0.137 e. The maximum atomic E-state index is 4.85. The molecule has 0 aromatic carbocycles. The molecular weight excluding hydrogens is 90.1 g/mol. The van der Waals surface area contributed by atoms with Crippen molar-refractivity contribution in [3.63, 3.8) is 0 Å². The zero-order chi connectivity index (χ0) is 4.95.